The van der Waals surface area contributed by atoms with Crippen molar-refractivity contribution < 1.29 is 4.79 Å². The van der Waals surface area contributed by atoms with E-state index in [1.807, 2.05) is 25.1 Å². The van der Waals surface area contributed by atoms with Gasteiger partial charge in [-0.15, -0.1) is 11.6 Å². The minimum atomic E-state index is -0.0584. The van der Waals surface area contributed by atoms with Gasteiger partial charge in [0.2, 0.25) is 0 Å². The van der Waals surface area contributed by atoms with Gasteiger partial charge in [-0.3, -0.25) is 4.79 Å². The van der Waals surface area contributed by atoms with Crippen LogP contribution in [0.2, 0.25) is 0 Å². The van der Waals surface area contributed by atoms with E-state index >= 15 is 0 Å². The second-order valence-electron chi connectivity index (χ2n) is 5.85. The van der Waals surface area contributed by atoms with Gasteiger partial charge in [-0.2, -0.15) is 0 Å². The van der Waals surface area contributed by atoms with Crippen molar-refractivity contribution in [1.82, 2.24) is 5.32 Å². The van der Waals surface area contributed by atoms with E-state index < -0.39 is 0 Å². The standard InChI is InChI=1S/C15H21BrClNO/c1-10-5-6-11(12(16)9-10)14(19)18-13(7-8-17)15(2,3)4/h5-6,9,13H,7-8H2,1-4H3,(H,18,19). The zero-order chi connectivity index (χ0) is 14.6. The predicted octanol–water partition coefficient (Wildman–Crippen LogP) is 4.53. The molecular formula is C15H21BrClNO. The lowest BCUT2D eigenvalue weighted by Crippen LogP contribution is -2.44. The minimum absolute atomic E-state index is 0.0122. The summed E-state index contributed by atoms with van der Waals surface area (Å²) in [4.78, 5) is 12.3. The fourth-order valence-corrected chi connectivity index (χ4v) is 2.76. The van der Waals surface area contributed by atoms with E-state index in [2.05, 4.69) is 42.0 Å². The first kappa shape index (κ1) is 16.5. The predicted molar refractivity (Wildman–Crippen MR) is 84.9 cm³/mol. The SMILES string of the molecule is Cc1ccc(C(=O)NC(CCCl)C(C)(C)C)c(Br)c1. The fraction of sp³-hybridized carbons (Fsp3) is 0.533. The molecule has 1 aromatic carbocycles. The summed E-state index contributed by atoms with van der Waals surface area (Å²) in [5, 5.41) is 3.08. The van der Waals surface area contributed by atoms with Gasteiger partial charge in [0.15, 0.2) is 0 Å². The number of carbonyl (C=O) groups is 1. The minimum Gasteiger partial charge on any atom is -0.349 e. The summed E-state index contributed by atoms with van der Waals surface area (Å²) in [6.45, 7) is 8.32. The molecule has 1 rings (SSSR count). The van der Waals surface area contributed by atoms with Crippen LogP contribution in [0, 0.1) is 12.3 Å². The van der Waals surface area contributed by atoms with Crippen molar-refractivity contribution in [3.8, 4) is 0 Å². The van der Waals surface area contributed by atoms with Crippen LogP contribution in [0.1, 0.15) is 43.1 Å². The van der Waals surface area contributed by atoms with Crippen molar-refractivity contribution in [3.05, 3.63) is 33.8 Å². The number of alkyl halides is 1. The quantitative estimate of drug-likeness (QED) is 0.797. The summed E-state index contributed by atoms with van der Waals surface area (Å²) >= 11 is 9.26. The molecule has 4 heteroatoms. The van der Waals surface area contributed by atoms with Gasteiger partial charge in [-0.05, 0) is 52.4 Å². The van der Waals surface area contributed by atoms with Gasteiger partial charge in [-0.1, -0.05) is 26.8 Å². The number of amides is 1. The maximum Gasteiger partial charge on any atom is 0.252 e. The number of carbonyl (C=O) groups excluding carboxylic acids is 1. The molecule has 0 heterocycles. The second kappa shape index (κ2) is 6.76. The molecular weight excluding hydrogens is 326 g/mol. The molecule has 0 saturated heterocycles. The van der Waals surface area contributed by atoms with E-state index in [4.69, 9.17) is 11.6 Å². The maximum atomic E-state index is 12.3. The Kier molecular flexibility index (Phi) is 5.87. The molecule has 0 spiro atoms. The lowest BCUT2D eigenvalue weighted by atomic mass is 9.85. The Morgan fingerprint density at radius 3 is 2.53 bits per heavy atom. The summed E-state index contributed by atoms with van der Waals surface area (Å²) in [5.74, 6) is 0.481. The van der Waals surface area contributed by atoms with Crippen molar-refractivity contribution >= 4 is 33.4 Å². The molecule has 1 aromatic rings. The highest BCUT2D eigenvalue weighted by atomic mass is 79.9. The molecule has 1 atom stereocenters. The van der Waals surface area contributed by atoms with Crippen molar-refractivity contribution in [1.29, 1.82) is 0 Å². The third-order valence-electron chi connectivity index (χ3n) is 3.12. The maximum absolute atomic E-state index is 12.3. The smallest absolute Gasteiger partial charge is 0.252 e. The Hall–Kier alpha value is -0.540. The number of benzene rings is 1. The largest absolute Gasteiger partial charge is 0.349 e. The first-order valence-electron chi connectivity index (χ1n) is 6.38. The zero-order valence-corrected chi connectivity index (χ0v) is 14.2. The molecule has 0 aromatic heterocycles. The van der Waals surface area contributed by atoms with E-state index in [9.17, 15) is 4.79 Å². The Morgan fingerprint density at radius 2 is 2.05 bits per heavy atom. The highest BCUT2D eigenvalue weighted by Crippen LogP contribution is 2.24. The zero-order valence-electron chi connectivity index (χ0n) is 11.9. The van der Waals surface area contributed by atoms with Gasteiger partial charge < -0.3 is 5.32 Å². The average Bonchev–Trinajstić information content (AvgIpc) is 2.26. The highest BCUT2D eigenvalue weighted by molar-refractivity contribution is 9.10. The molecule has 1 amide bonds. The monoisotopic (exact) mass is 345 g/mol. The van der Waals surface area contributed by atoms with Crippen LogP contribution in [0.5, 0.6) is 0 Å². The fourth-order valence-electron chi connectivity index (χ4n) is 1.87. The summed E-state index contributed by atoms with van der Waals surface area (Å²) in [6.07, 6.45) is 0.764. The Morgan fingerprint density at radius 1 is 1.42 bits per heavy atom. The summed E-state index contributed by atoms with van der Waals surface area (Å²) < 4.78 is 0.823. The van der Waals surface area contributed by atoms with E-state index in [1.165, 1.54) is 0 Å². The molecule has 106 valence electrons. The number of hydrogen-bond donors (Lipinski definition) is 1. The van der Waals surface area contributed by atoms with Crippen LogP contribution in [0.15, 0.2) is 22.7 Å². The van der Waals surface area contributed by atoms with E-state index in [-0.39, 0.29) is 17.4 Å². The topological polar surface area (TPSA) is 29.1 Å². The molecule has 0 fully saturated rings. The van der Waals surface area contributed by atoms with Crippen LogP contribution in [0.25, 0.3) is 0 Å². The van der Waals surface area contributed by atoms with Gasteiger partial charge in [0.1, 0.15) is 0 Å². The summed E-state index contributed by atoms with van der Waals surface area (Å²) in [6, 6.07) is 5.79. The summed E-state index contributed by atoms with van der Waals surface area (Å²) in [7, 11) is 0. The Balaban J connectivity index is 2.88. The number of nitrogens with one attached hydrogen (secondary N) is 1. The third-order valence-corrected chi connectivity index (χ3v) is 3.99. The van der Waals surface area contributed by atoms with Crippen LogP contribution in [0.4, 0.5) is 0 Å². The molecule has 0 aliphatic heterocycles. The van der Waals surface area contributed by atoms with Gasteiger partial charge in [0, 0.05) is 16.4 Å². The molecule has 1 N–H and O–H groups in total. The normalized spacial score (nSPS) is 13.2. The van der Waals surface area contributed by atoms with Crippen LogP contribution in [0.3, 0.4) is 0 Å². The molecule has 0 radical (unpaired) electrons. The lowest BCUT2D eigenvalue weighted by molar-refractivity contribution is 0.0899. The van der Waals surface area contributed by atoms with Gasteiger partial charge in [-0.25, -0.2) is 0 Å². The van der Waals surface area contributed by atoms with E-state index in [0.717, 1.165) is 16.5 Å². The van der Waals surface area contributed by atoms with Crippen LogP contribution >= 0.6 is 27.5 Å². The van der Waals surface area contributed by atoms with Crippen LogP contribution in [-0.2, 0) is 0 Å². The van der Waals surface area contributed by atoms with E-state index in [1.54, 1.807) is 0 Å². The highest BCUT2D eigenvalue weighted by Gasteiger charge is 2.26. The summed E-state index contributed by atoms with van der Waals surface area (Å²) in [5.41, 5.74) is 1.77. The lowest BCUT2D eigenvalue weighted by Gasteiger charge is -2.31. The van der Waals surface area contributed by atoms with Crippen molar-refractivity contribution in [3.63, 3.8) is 0 Å². The molecule has 0 aliphatic carbocycles. The van der Waals surface area contributed by atoms with E-state index in [0.29, 0.717) is 11.4 Å². The van der Waals surface area contributed by atoms with Crippen LogP contribution < -0.4 is 5.32 Å². The molecule has 19 heavy (non-hydrogen) atoms. The third kappa shape index (κ3) is 4.81. The second-order valence-corrected chi connectivity index (χ2v) is 7.09. The first-order valence-corrected chi connectivity index (χ1v) is 7.71. The van der Waals surface area contributed by atoms with Crippen molar-refractivity contribution in [2.75, 3.05) is 5.88 Å². The van der Waals surface area contributed by atoms with Gasteiger partial charge >= 0.3 is 0 Å². The van der Waals surface area contributed by atoms with Gasteiger partial charge in [0.25, 0.3) is 5.91 Å². The molecule has 0 bridgehead atoms. The number of hydrogen-bond acceptors (Lipinski definition) is 1. The molecule has 2 nitrogen and oxygen atoms in total. The first-order chi connectivity index (χ1) is 8.75. The van der Waals surface area contributed by atoms with Gasteiger partial charge in [0.05, 0.1) is 5.56 Å². The van der Waals surface area contributed by atoms with Crippen molar-refractivity contribution in [2.45, 2.75) is 40.2 Å². The van der Waals surface area contributed by atoms with Crippen LogP contribution in [-0.4, -0.2) is 17.8 Å². The Labute approximate surface area is 129 Å². The Bertz CT molecular complexity index is 454. The number of rotatable bonds is 4. The molecule has 1 unspecified atom stereocenters. The molecule has 0 aliphatic rings. The average molecular weight is 347 g/mol. The number of halogens is 2. The number of aryl methyl sites for hydroxylation is 1. The van der Waals surface area contributed by atoms with Crippen molar-refractivity contribution in [2.24, 2.45) is 5.41 Å². The molecule has 0 saturated carbocycles.